The third-order valence-corrected chi connectivity index (χ3v) is 4.11. The Labute approximate surface area is 125 Å². The Morgan fingerprint density at radius 3 is 2.26 bits per heavy atom. The number of nitrogens with zero attached hydrogens (tertiary/aromatic N) is 1. The third kappa shape index (κ3) is 5.53. The molecule has 0 radical (unpaired) electrons. The average molecular weight is 308 g/mol. The van der Waals surface area contributed by atoms with Crippen molar-refractivity contribution in [3.8, 4) is 0 Å². The quantitative estimate of drug-likeness (QED) is 0.344. The topological polar surface area (TPSA) is 43.1 Å². The van der Waals surface area contributed by atoms with E-state index in [1.165, 1.54) is 0 Å². The molecule has 0 unspecified atom stereocenters. The molecule has 0 bridgehead atoms. The van der Waals surface area contributed by atoms with Crippen molar-refractivity contribution in [1.29, 1.82) is 0 Å². The van der Waals surface area contributed by atoms with Crippen LogP contribution in [0.15, 0.2) is 22.7 Å². The third-order valence-electron chi connectivity index (χ3n) is 3.47. The van der Waals surface area contributed by atoms with Gasteiger partial charge in [-0.05, 0) is 18.3 Å². The molecule has 0 aromatic carbocycles. The second-order valence-electron chi connectivity index (χ2n) is 5.37. The van der Waals surface area contributed by atoms with E-state index in [1.54, 1.807) is 6.08 Å². The molecule has 0 aliphatic rings. The number of rotatable bonds is 8. The number of nitro groups is 1. The largest absolute Gasteiger partial charge is 0.264 e. The summed E-state index contributed by atoms with van der Waals surface area (Å²) < 4.78 is 0. The maximum Gasteiger partial charge on any atom is 0.216 e. The van der Waals surface area contributed by atoms with E-state index < -0.39 is 11.5 Å². The molecule has 3 nitrogen and oxygen atoms in total. The fraction of sp³-hybridized carbons (Fsp3) is 0.714. The average Bonchev–Trinajstić information content (AvgIpc) is 2.27. The molecule has 0 N–H and O–H groups in total. The minimum absolute atomic E-state index is 0.0905. The molecule has 0 rings (SSSR count). The zero-order chi connectivity index (χ0) is 15.2. The van der Waals surface area contributed by atoms with Gasteiger partial charge in [0.25, 0.3) is 0 Å². The summed E-state index contributed by atoms with van der Waals surface area (Å²) in [7, 11) is 0. The number of hydrogen-bond donors (Lipinski definition) is 0. The first-order valence-electron chi connectivity index (χ1n) is 6.53. The Hall–Kier alpha value is -0.540. The molecule has 5 heteroatoms. The van der Waals surface area contributed by atoms with E-state index in [0.29, 0.717) is 17.9 Å². The number of hydrogen-bond acceptors (Lipinski definition) is 2. The standard InChI is InChI=1S/C14H23Cl2NO2/c1-6-8-13(17(18)19)11(7-2)14(4,5)9-12(16)10(3)15/h9,11,13H,3,6-8H2,1-2,4-5H3/b12-9+/t11-,13-/m0/s1. The zero-order valence-corrected chi connectivity index (χ0v) is 13.6. The lowest BCUT2D eigenvalue weighted by Crippen LogP contribution is -2.37. The van der Waals surface area contributed by atoms with Crippen molar-refractivity contribution in [2.24, 2.45) is 11.3 Å². The Balaban J connectivity index is 5.36. The Bertz CT molecular complexity index is 364. The summed E-state index contributed by atoms with van der Waals surface area (Å²) in [6.45, 7) is 11.4. The van der Waals surface area contributed by atoms with Gasteiger partial charge in [-0.25, -0.2) is 0 Å². The van der Waals surface area contributed by atoms with Crippen molar-refractivity contribution in [3.05, 3.63) is 32.8 Å². The maximum absolute atomic E-state index is 11.3. The summed E-state index contributed by atoms with van der Waals surface area (Å²) in [6, 6.07) is -0.561. The Morgan fingerprint density at radius 1 is 1.42 bits per heavy atom. The van der Waals surface area contributed by atoms with Crippen LogP contribution < -0.4 is 0 Å². The SMILES string of the molecule is C=C(Cl)/C(Cl)=C\C(C)(C)[C@@H](CC)[C@H](CCC)[N+](=O)[O-]. The molecule has 0 fully saturated rings. The van der Waals surface area contributed by atoms with Gasteiger partial charge in [0.2, 0.25) is 6.04 Å². The van der Waals surface area contributed by atoms with Gasteiger partial charge in [0.05, 0.1) is 10.1 Å². The molecular formula is C14H23Cl2NO2. The van der Waals surface area contributed by atoms with E-state index in [2.05, 4.69) is 6.58 Å². The van der Waals surface area contributed by atoms with Gasteiger partial charge in [-0.15, -0.1) is 0 Å². The van der Waals surface area contributed by atoms with Gasteiger partial charge in [-0.3, -0.25) is 10.1 Å². The van der Waals surface area contributed by atoms with E-state index in [4.69, 9.17) is 23.2 Å². The van der Waals surface area contributed by atoms with E-state index in [9.17, 15) is 10.1 Å². The summed E-state index contributed by atoms with van der Waals surface area (Å²) in [4.78, 5) is 11.1. The van der Waals surface area contributed by atoms with Crippen LogP contribution in [0.5, 0.6) is 0 Å². The molecule has 0 aliphatic carbocycles. The molecule has 2 atom stereocenters. The molecule has 0 saturated heterocycles. The number of allylic oxidation sites excluding steroid dienone is 3. The first-order chi connectivity index (χ1) is 8.67. The highest BCUT2D eigenvalue weighted by molar-refractivity contribution is 6.43. The van der Waals surface area contributed by atoms with Crippen molar-refractivity contribution in [1.82, 2.24) is 0 Å². The lowest BCUT2D eigenvalue weighted by molar-refractivity contribution is -0.536. The van der Waals surface area contributed by atoms with Gasteiger partial charge in [-0.2, -0.15) is 0 Å². The summed E-state index contributed by atoms with van der Waals surface area (Å²) in [6.07, 6.45) is 3.86. The lowest BCUT2D eigenvalue weighted by atomic mass is 9.72. The predicted molar refractivity (Wildman–Crippen MR) is 82.2 cm³/mol. The molecule has 0 aromatic heterocycles. The molecule has 0 heterocycles. The minimum Gasteiger partial charge on any atom is -0.264 e. The second kappa shape index (κ2) is 7.91. The van der Waals surface area contributed by atoms with E-state index >= 15 is 0 Å². The van der Waals surface area contributed by atoms with Gasteiger partial charge in [0, 0.05) is 17.3 Å². The van der Waals surface area contributed by atoms with E-state index in [1.807, 2.05) is 27.7 Å². The lowest BCUT2D eigenvalue weighted by Gasteiger charge is -2.33. The van der Waals surface area contributed by atoms with Crippen LogP contribution in [0.3, 0.4) is 0 Å². The molecule has 0 aliphatic heterocycles. The van der Waals surface area contributed by atoms with Crippen LogP contribution in [0.2, 0.25) is 0 Å². The van der Waals surface area contributed by atoms with Crippen molar-refractivity contribution in [2.45, 2.75) is 53.0 Å². The van der Waals surface area contributed by atoms with Crippen LogP contribution in [0, 0.1) is 21.4 Å². The second-order valence-corrected chi connectivity index (χ2v) is 6.24. The first kappa shape index (κ1) is 18.5. The van der Waals surface area contributed by atoms with Crippen LogP contribution in [-0.4, -0.2) is 11.0 Å². The zero-order valence-electron chi connectivity index (χ0n) is 12.1. The van der Waals surface area contributed by atoms with Gasteiger partial charge in [0.1, 0.15) is 0 Å². The molecule has 0 aromatic rings. The molecular weight excluding hydrogens is 285 g/mol. The highest BCUT2D eigenvalue weighted by Crippen LogP contribution is 2.38. The highest BCUT2D eigenvalue weighted by atomic mass is 35.5. The Kier molecular flexibility index (Phi) is 7.68. The molecule has 19 heavy (non-hydrogen) atoms. The maximum atomic E-state index is 11.3. The predicted octanol–water partition coefficient (Wildman–Crippen LogP) is 5.36. The Morgan fingerprint density at radius 2 is 1.95 bits per heavy atom. The van der Waals surface area contributed by atoms with Gasteiger partial charge in [0.15, 0.2) is 0 Å². The van der Waals surface area contributed by atoms with E-state index in [0.717, 1.165) is 6.42 Å². The first-order valence-corrected chi connectivity index (χ1v) is 7.29. The fourth-order valence-corrected chi connectivity index (χ4v) is 2.89. The van der Waals surface area contributed by atoms with Crippen LogP contribution in [-0.2, 0) is 0 Å². The van der Waals surface area contributed by atoms with Crippen LogP contribution in [0.4, 0.5) is 0 Å². The highest BCUT2D eigenvalue weighted by Gasteiger charge is 2.39. The van der Waals surface area contributed by atoms with Crippen molar-refractivity contribution < 1.29 is 4.92 Å². The van der Waals surface area contributed by atoms with E-state index in [-0.39, 0.29) is 15.9 Å². The van der Waals surface area contributed by atoms with Crippen LogP contribution >= 0.6 is 23.2 Å². The van der Waals surface area contributed by atoms with Crippen molar-refractivity contribution in [2.75, 3.05) is 0 Å². The monoisotopic (exact) mass is 307 g/mol. The summed E-state index contributed by atoms with van der Waals surface area (Å²) in [5, 5.41) is 11.9. The molecule has 0 saturated carbocycles. The van der Waals surface area contributed by atoms with Gasteiger partial charge >= 0.3 is 0 Å². The normalized spacial score (nSPS) is 16.0. The van der Waals surface area contributed by atoms with Gasteiger partial charge in [-0.1, -0.05) is 63.6 Å². The van der Waals surface area contributed by atoms with Crippen molar-refractivity contribution >= 4 is 23.2 Å². The van der Waals surface area contributed by atoms with Crippen molar-refractivity contribution in [3.63, 3.8) is 0 Å². The fourth-order valence-electron chi connectivity index (χ4n) is 2.56. The van der Waals surface area contributed by atoms with Gasteiger partial charge < -0.3 is 0 Å². The molecule has 110 valence electrons. The molecule has 0 spiro atoms. The smallest absolute Gasteiger partial charge is 0.216 e. The minimum atomic E-state index is -0.561. The molecule has 0 amide bonds. The van der Waals surface area contributed by atoms with Crippen LogP contribution in [0.25, 0.3) is 0 Å². The number of halogens is 2. The summed E-state index contributed by atoms with van der Waals surface area (Å²) in [5.41, 5.74) is -0.406. The van der Waals surface area contributed by atoms with Crippen LogP contribution in [0.1, 0.15) is 47.0 Å². The summed E-state index contributed by atoms with van der Waals surface area (Å²) >= 11 is 11.8. The summed E-state index contributed by atoms with van der Waals surface area (Å²) in [5.74, 6) is -0.0905.